The Morgan fingerprint density at radius 3 is 2.68 bits per heavy atom. The van der Waals surface area contributed by atoms with Gasteiger partial charge in [0.15, 0.2) is 0 Å². The third-order valence-electron chi connectivity index (χ3n) is 5.64. The minimum absolute atomic E-state index is 0.114. The molecule has 1 aromatic heterocycles. The van der Waals surface area contributed by atoms with Crippen LogP contribution in [0.4, 0.5) is 0 Å². The molecule has 1 aromatic carbocycles. The summed E-state index contributed by atoms with van der Waals surface area (Å²) in [5.74, 6) is 0.933. The van der Waals surface area contributed by atoms with Gasteiger partial charge >= 0.3 is 0 Å². The van der Waals surface area contributed by atoms with Crippen LogP contribution in [0, 0.1) is 0 Å². The van der Waals surface area contributed by atoms with Gasteiger partial charge in [-0.2, -0.15) is 5.10 Å². The molecule has 25 heavy (non-hydrogen) atoms. The molecule has 2 N–H and O–H groups in total. The molecule has 5 nitrogen and oxygen atoms in total. The zero-order valence-corrected chi connectivity index (χ0v) is 14.7. The number of H-pyrrole nitrogens is 1. The van der Waals surface area contributed by atoms with Crippen LogP contribution >= 0.6 is 0 Å². The summed E-state index contributed by atoms with van der Waals surface area (Å²) >= 11 is 0. The summed E-state index contributed by atoms with van der Waals surface area (Å²) < 4.78 is 5.21. The molecule has 4 rings (SSSR count). The Balaban J connectivity index is 1.44. The van der Waals surface area contributed by atoms with Gasteiger partial charge in [0, 0.05) is 5.69 Å². The van der Waals surface area contributed by atoms with Crippen molar-refractivity contribution in [3.63, 3.8) is 0 Å². The summed E-state index contributed by atoms with van der Waals surface area (Å²) in [6.07, 6.45) is 7.67. The van der Waals surface area contributed by atoms with Crippen LogP contribution in [-0.4, -0.2) is 23.2 Å². The van der Waals surface area contributed by atoms with Gasteiger partial charge in [-0.05, 0) is 61.8 Å². The van der Waals surface area contributed by atoms with Crippen LogP contribution in [0.2, 0.25) is 0 Å². The standard InChI is InChI=1S/C20H25N3O2/c1-25-15-9-7-14(8-10-15)20(11-12-20)19(24)21-13-18-16-5-3-2-4-6-17(16)22-23-18/h7-10H,2-6,11-13H2,1H3,(H,21,24)(H,22,23). The SMILES string of the molecule is COc1ccc(C2(C(=O)NCc3n[nH]c4c3CCCCC4)CC2)cc1. The predicted molar refractivity (Wildman–Crippen MR) is 95.6 cm³/mol. The van der Waals surface area contributed by atoms with E-state index in [1.165, 1.54) is 30.5 Å². The Hall–Kier alpha value is -2.30. The van der Waals surface area contributed by atoms with Crippen LogP contribution in [0.15, 0.2) is 24.3 Å². The molecule has 1 heterocycles. The van der Waals surface area contributed by atoms with Gasteiger partial charge in [-0.15, -0.1) is 0 Å². The highest BCUT2D eigenvalue weighted by atomic mass is 16.5. The van der Waals surface area contributed by atoms with Crippen molar-refractivity contribution < 1.29 is 9.53 Å². The number of nitrogens with zero attached hydrogens (tertiary/aromatic N) is 1. The van der Waals surface area contributed by atoms with Crippen LogP contribution in [0.1, 0.15) is 54.6 Å². The maximum atomic E-state index is 12.8. The number of fused-ring (bicyclic) bond motifs is 1. The first-order valence-corrected chi connectivity index (χ1v) is 9.21. The maximum absolute atomic E-state index is 12.8. The molecule has 2 aliphatic rings. The molecule has 0 radical (unpaired) electrons. The molecule has 0 saturated heterocycles. The summed E-state index contributed by atoms with van der Waals surface area (Å²) in [4.78, 5) is 12.8. The monoisotopic (exact) mass is 339 g/mol. The first-order valence-electron chi connectivity index (χ1n) is 9.21. The molecule has 2 aromatic rings. The first-order chi connectivity index (χ1) is 12.2. The average molecular weight is 339 g/mol. The Kier molecular flexibility index (Phi) is 4.24. The van der Waals surface area contributed by atoms with Crippen LogP contribution in [0.5, 0.6) is 5.75 Å². The lowest BCUT2D eigenvalue weighted by molar-refractivity contribution is -0.123. The number of ether oxygens (including phenoxy) is 1. The summed E-state index contributed by atoms with van der Waals surface area (Å²) in [6, 6.07) is 7.87. The molecular weight excluding hydrogens is 314 g/mol. The van der Waals surface area contributed by atoms with Gasteiger partial charge in [-0.3, -0.25) is 9.89 Å². The molecule has 0 spiro atoms. The van der Waals surface area contributed by atoms with Crippen LogP contribution < -0.4 is 10.1 Å². The number of aromatic amines is 1. The second-order valence-electron chi connectivity index (χ2n) is 7.18. The first kappa shape index (κ1) is 16.2. The molecule has 1 saturated carbocycles. The number of hydrogen-bond donors (Lipinski definition) is 2. The number of aryl methyl sites for hydroxylation is 1. The molecule has 132 valence electrons. The van der Waals surface area contributed by atoms with Crippen molar-refractivity contribution in [3.05, 3.63) is 46.8 Å². The number of nitrogens with one attached hydrogen (secondary N) is 2. The van der Waals surface area contributed by atoms with Crippen molar-refractivity contribution >= 4 is 5.91 Å². The zero-order chi connectivity index (χ0) is 17.3. The molecule has 0 aliphatic heterocycles. The molecule has 1 fully saturated rings. The lowest BCUT2D eigenvalue weighted by Gasteiger charge is -2.16. The Morgan fingerprint density at radius 2 is 1.96 bits per heavy atom. The highest BCUT2D eigenvalue weighted by Crippen LogP contribution is 2.48. The predicted octanol–water partition coefficient (Wildman–Crippen LogP) is 3.04. The number of carbonyl (C=O) groups excluding carboxylic acids is 1. The summed E-state index contributed by atoms with van der Waals surface area (Å²) in [5, 5.41) is 10.8. The van der Waals surface area contributed by atoms with E-state index < -0.39 is 0 Å². The van der Waals surface area contributed by atoms with E-state index in [9.17, 15) is 4.79 Å². The molecule has 0 unspecified atom stereocenters. The number of amides is 1. The van der Waals surface area contributed by atoms with Crippen molar-refractivity contribution in [2.45, 2.75) is 56.9 Å². The fourth-order valence-electron chi connectivity index (χ4n) is 3.89. The van der Waals surface area contributed by atoms with E-state index in [0.29, 0.717) is 6.54 Å². The van der Waals surface area contributed by atoms with E-state index in [4.69, 9.17) is 4.74 Å². The number of methoxy groups -OCH3 is 1. The van der Waals surface area contributed by atoms with Crippen molar-refractivity contribution in [3.8, 4) is 5.75 Å². The molecule has 0 bridgehead atoms. The minimum atomic E-state index is -0.362. The summed E-state index contributed by atoms with van der Waals surface area (Å²) in [6.45, 7) is 0.516. The van der Waals surface area contributed by atoms with E-state index in [-0.39, 0.29) is 11.3 Å². The van der Waals surface area contributed by atoms with Gasteiger partial charge in [0.05, 0.1) is 24.8 Å². The smallest absolute Gasteiger partial charge is 0.230 e. The highest BCUT2D eigenvalue weighted by Gasteiger charge is 2.51. The number of aromatic nitrogens is 2. The van der Waals surface area contributed by atoms with Gasteiger partial charge < -0.3 is 10.1 Å². The van der Waals surface area contributed by atoms with Gasteiger partial charge in [-0.25, -0.2) is 0 Å². The van der Waals surface area contributed by atoms with Crippen LogP contribution in [0.25, 0.3) is 0 Å². The summed E-state index contributed by atoms with van der Waals surface area (Å²) in [5.41, 5.74) is 4.31. The van der Waals surface area contributed by atoms with E-state index in [2.05, 4.69) is 15.5 Å². The summed E-state index contributed by atoms with van der Waals surface area (Å²) in [7, 11) is 1.65. The number of rotatable bonds is 5. The highest BCUT2D eigenvalue weighted by molar-refractivity contribution is 5.91. The Bertz CT molecular complexity index is 760. The van der Waals surface area contributed by atoms with Gasteiger partial charge in [-0.1, -0.05) is 18.6 Å². The zero-order valence-electron chi connectivity index (χ0n) is 14.7. The minimum Gasteiger partial charge on any atom is -0.497 e. The van der Waals surface area contributed by atoms with Gasteiger partial charge in [0.1, 0.15) is 5.75 Å². The van der Waals surface area contributed by atoms with Crippen molar-refractivity contribution in [1.82, 2.24) is 15.5 Å². The van der Waals surface area contributed by atoms with E-state index in [1.807, 2.05) is 24.3 Å². The number of benzene rings is 1. The third-order valence-corrected chi connectivity index (χ3v) is 5.64. The molecule has 2 aliphatic carbocycles. The average Bonchev–Trinajstić information content (AvgIpc) is 3.42. The van der Waals surface area contributed by atoms with Crippen molar-refractivity contribution in [2.75, 3.05) is 7.11 Å². The molecule has 1 amide bonds. The van der Waals surface area contributed by atoms with Gasteiger partial charge in [0.25, 0.3) is 0 Å². The number of carbonyl (C=O) groups is 1. The fraction of sp³-hybridized carbons (Fsp3) is 0.500. The second-order valence-corrected chi connectivity index (χ2v) is 7.18. The number of hydrogen-bond acceptors (Lipinski definition) is 3. The molecule has 0 atom stereocenters. The second kappa shape index (κ2) is 6.54. The van der Waals surface area contributed by atoms with E-state index in [0.717, 1.165) is 42.7 Å². The topological polar surface area (TPSA) is 67.0 Å². The largest absolute Gasteiger partial charge is 0.497 e. The van der Waals surface area contributed by atoms with Crippen molar-refractivity contribution in [2.24, 2.45) is 0 Å². The van der Waals surface area contributed by atoms with Crippen molar-refractivity contribution in [1.29, 1.82) is 0 Å². The van der Waals surface area contributed by atoms with Crippen LogP contribution in [-0.2, 0) is 29.6 Å². The van der Waals surface area contributed by atoms with Crippen LogP contribution in [0.3, 0.4) is 0 Å². The lowest BCUT2D eigenvalue weighted by atomic mass is 9.95. The molecule has 5 heteroatoms. The third kappa shape index (κ3) is 3.03. The normalized spacial score (nSPS) is 18.1. The fourth-order valence-corrected chi connectivity index (χ4v) is 3.89. The lowest BCUT2D eigenvalue weighted by Crippen LogP contribution is -2.34. The Labute approximate surface area is 148 Å². The Morgan fingerprint density at radius 1 is 1.20 bits per heavy atom. The molecular formula is C20H25N3O2. The van der Waals surface area contributed by atoms with E-state index >= 15 is 0 Å². The van der Waals surface area contributed by atoms with E-state index in [1.54, 1.807) is 7.11 Å². The quantitative estimate of drug-likeness (QED) is 0.823. The van der Waals surface area contributed by atoms with Gasteiger partial charge in [0.2, 0.25) is 5.91 Å². The maximum Gasteiger partial charge on any atom is 0.230 e.